The average molecular weight is 460 g/mol. The summed E-state index contributed by atoms with van der Waals surface area (Å²) in [5, 5.41) is 8.37. The fourth-order valence-electron chi connectivity index (χ4n) is 3.98. The van der Waals surface area contributed by atoms with Crippen molar-refractivity contribution in [3.05, 3.63) is 41.0 Å². The molecule has 1 atom stereocenters. The number of nitrogens with zero attached hydrogens (tertiary/aromatic N) is 4. The van der Waals surface area contributed by atoms with Crippen LogP contribution in [0.2, 0.25) is 0 Å². The second-order valence-electron chi connectivity index (χ2n) is 7.96. The Morgan fingerprint density at radius 1 is 1.29 bits per heavy atom. The number of benzene rings is 1. The summed E-state index contributed by atoms with van der Waals surface area (Å²) in [6, 6.07) is 8.41. The number of hydrogen-bond acceptors (Lipinski definition) is 5. The lowest BCUT2D eigenvalue weighted by atomic mass is 10.1. The number of carbonyl (C=O) groups excluding carboxylic acids is 1. The standard InChI is InChI=1S/C22H26FN5OS2/c1-14(13-27-8-10-28(11-9-27)15(2)30)24-21(29)19-12-17-20(25-26(3)22(17)31-19)16-6-4-5-7-18(16)23/h4-7,12,14H,8-11,13H2,1-3H3,(H,24,29). The highest BCUT2D eigenvalue weighted by Crippen LogP contribution is 2.34. The second-order valence-corrected chi connectivity index (χ2v) is 9.58. The van der Waals surface area contributed by atoms with Crippen LogP contribution in [0.1, 0.15) is 23.5 Å². The number of halogens is 1. The van der Waals surface area contributed by atoms with Gasteiger partial charge in [-0.25, -0.2) is 4.39 Å². The number of nitrogens with one attached hydrogen (secondary N) is 1. The quantitative estimate of drug-likeness (QED) is 0.592. The summed E-state index contributed by atoms with van der Waals surface area (Å²) < 4.78 is 16.0. The minimum Gasteiger partial charge on any atom is -0.364 e. The highest BCUT2D eigenvalue weighted by atomic mass is 32.1. The molecule has 0 radical (unpaired) electrons. The Kier molecular flexibility index (Phi) is 6.36. The van der Waals surface area contributed by atoms with E-state index in [0.29, 0.717) is 16.1 Å². The van der Waals surface area contributed by atoms with Crippen LogP contribution in [0.4, 0.5) is 4.39 Å². The molecule has 1 aliphatic rings. The van der Waals surface area contributed by atoms with Crippen molar-refractivity contribution in [1.82, 2.24) is 24.9 Å². The number of thiophene rings is 1. The number of hydrogen-bond donors (Lipinski definition) is 1. The molecule has 2 aromatic heterocycles. The van der Waals surface area contributed by atoms with Gasteiger partial charge in [0.1, 0.15) is 16.3 Å². The highest BCUT2D eigenvalue weighted by Gasteiger charge is 2.22. The number of carbonyl (C=O) groups is 1. The lowest BCUT2D eigenvalue weighted by Gasteiger charge is -2.36. The molecule has 31 heavy (non-hydrogen) atoms. The number of piperazine rings is 1. The number of aromatic nitrogens is 2. The number of thiocarbonyl (C=S) groups is 1. The zero-order valence-electron chi connectivity index (χ0n) is 17.9. The minimum atomic E-state index is -0.322. The van der Waals surface area contributed by atoms with Crippen LogP contribution in [0, 0.1) is 5.82 Å². The molecule has 3 heterocycles. The molecule has 1 fully saturated rings. The Balaban J connectivity index is 1.44. The highest BCUT2D eigenvalue weighted by molar-refractivity contribution is 7.80. The largest absolute Gasteiger partial charge is 0.364 e. The molecule has 0 aliphatic carbocycles. The normalized spacial score (nSPS) is 15.9. The molecule has 0 bridgehead atoms. The van der Waals surface area contributed by atoms with Gasteiger partial charge in [0.15, 0.2) is 0 Å². The van der Waals surface area contributed by atoms with Gasteiger partial charge in [-0.2, -0.15) is 5.10 Å². The van der Waals surface area contributed by atoms with E-state index in [1.54, 1.807) is 22.9 Å². The molecule has 1 aliphatic heterocycles. The fourth-order valence-corrected chi connectivity index (χ4v) is 5.14. The average Bonchev–Trinajstić information content (AvgIpc) is 3.30. The SMILES string of the molecule is CC(=S)N1CCN(CC(C)NC(=O)c2cc3c(-c4ccccc4F)nn(C)c3s2)CC1. The molecule has 9 heteroatoms. The molecule has 1 saturated heterocycles. The first-order valence-electron chi connectivity index (χ1n) is 10.3. The van der Waals surface area contributed by atoms with Crippen molar-refractivity contribution < 1.29 is 9.18 Å². The Hall–Kier alpha value is -2.36. The molecule has 1 amide bonds. The Morgan fingerprint density at radius 3 is 2.68 bits per heavy atom. The summed E-state index contributed by atoms with van der Waals surface area (Å²) in [5.41, 5.74) is 1.00. The van der Waals surface area contributed by atoms with Gasteiger partial charge in [-0.1, -0.05) is 24.4 Å². The van der Waals surface area contributed by atoms with E-state index in [4.69, 9.17) is 12.2 Å². The van der Waals surface area contributed by atoms with Crippen LogP contribution in [0.5, 0.6) is 0 Å². The van der Waals surface area contributed by atoms with Gasteiger partial charge in [0.05, 0.1) is 9.87 Å². The van der Waals surface area contributed by atoms with Crippen LogP contribution < -0.4 is 5.32 Å². The molecule has 6 nitrogen and oxygen atoms in total. The molecule has 4 rings (SSSR count). The van der Waals surface area contributed by atoms with Crippen molar-refractivity contribution >= 4 is 44.7 Å². The van der Waals surface area contributed by atoms with E-state index in [1.165, 1.54) is 17.4 Å². The number of aryl methyl sites for hydroxylation is 1. The van der Waals surface area contributed by atoms with Crippen molar-refractivity contribution in [3.63, 3.8) is 0 Å². The lowest BCUT2D eigenvalue weighted by molar-refractivity contribution is 0.0925. The zero-order valence-corrected chi connectivity index (χ0v) is 19.5. The first-order chi connectivity index (χ1) is 14.8. The van der Waals surface area contributed by atoms with Gasteiger partial charge in [-0.05, 0) is 32.0 Å². The van der Waals surface area contributed by atoms with Gasteiger partial charge in [-0.3, -0.25) is 14.4 Å². The van der Waals surface area contributed by atoms with E-state index in [9.17, 15) is 9.18 Å². The van der Waals surface area contributed by atoms with Crippen molar-refractivity contribution in [2.24, 2.45) is 7.05 Å². The van der Waals surface area contributed by atoms with Gasteiger partial charge >= 0.3 is 0 Å². The summed E-state index contributed by atoms with van der Waals surface area (Å²) in [6.45, 7) is 8.52. The molecule has 0 saturated carbocycles. The molecule has 164 valence electrons. The molecule has 1 aromatic carbocycles. The van der Waals surface area contributed by atoms with Crippen molar-refractivity contribution in [2.45, 2.75) is 19.9 Å². The first-order valence-corrected chi connectivity index (χ1v) is 11.6. The predicted octanol–water partition coefficient (Wildman–Crippen LogP) is 3.52. The van der Waals surface area contributed by atoms with Crippen LogP contribution in [0.25, 0.3) is 21.5 Å². The van der Waals surface area contributed by atoms with E-state index in [0.717, 1.165) is 47.9 Å². The Morgan fingerprint density at radius 2 is 2.00 bits per heavy atom. The topological polar surface area (TPSA) is 53.4 Å². The number of amides is 1. The monoisotopic (exact) mass is 459 g/mol. The van der Waals surface area contributed by atoms with Crippen LogP contribution in [-0.2, 0) is 7.05 Å². The van der Waals surface area contributed by atoms with E-state index >= 15 is 0 Å². The molecule has 0 spiro atoms. The maximum Gasteiger partial charge on any atom is 0.261 e. The number of fused-ring (bicyclic) bond motifs is 1. The van der Waals surface area contributed by atoms with Gasteiger partial charge < -0.3 is 10.2 Å². The predicted molar refractivity (Wildman–Crippen MR) is 127 cm³/mol. The van der Waals surface area contributed by atoms with E-state index in [1.807, 2.05) is 27.0 Å². The van der Waals surface area contributed by atoms with Crippen LogP contribution in [-0.4, -0.2) is 69.2 Å². The molecule has 3 aromatic rings. The maximum atomic E-state index is 14.3. The van der Waals surface area contributed by atoms with E-state index < -0.39 is 0 Å². The summed E-state index contributed by atoms with van der Waals surface area (Å²) in [4.78, 5) is 19.8. The third-order valence-electron chi connectivity index (χ3n) is 5.59. The van der Waals surface area contributed by atoms with Gasteiger partial charge in [0, 0.05) is 56.8 Å². The van der Waals surface area contributed by atoms with E-state index in [2.05, 4.69) is 20.2 Å². The van der Waals surface area contributed by atoms with Gasteiger partial charge in [0.25, 0.3) is 5.91 Å². The van der Waals surface area contributed by atoms with Crippen molar-refractivity contribution in [3.8, 4) is 11.3 Å². The third-order valence-corrected chi connectivity index (χ3v) is 7.05. The van der Waals surface area contributed by atoms with E-state index in [-0.39, 0.29) is 17.8 Å². The number of rotatable bonds is 5. The molecular weight excluding hydrogens is 433 g/mol. The van der Waals surface area contributed by atoms with Crippen molar-refractivity contribution in [1.29, 1.82) is 0 Å². The van der Waals surface area contributed by atoms with Gasteiger partial charge in [0.2, 0.25) is 0 Å². The maximum absolute atomic E-state index is 14.3. The molecule has 1 unspecified atom stereocenters. The molecule has 1 N–H and O–H groups in total. The van der Waals surface area contributed by atoms with Crippen LogP contribution in [0.3, 0.4) is 0 Å². The summed E-state index contributed by atoms with van der Waals surface area (Å²) in [7, 11) is 1.81. The van der Waals surface area contributed by atoms with Crippen LogP contribution >= 0.6 is 23.6 Å². The third kappa shape index (κ3) is 4.63. The Labute approximate surface area is 190 Å². The lowest BCUT2D eigenvalue weighted by Crippen LogP contribution is -2.51. The van der Waals surface area contributed by atoms with Gasteiger partial charge in [-0.15, -0.1) is 11.3 Å². The van der Waals surface area contributed by atoms with Crippen molar-refractivity contribution in [2.75, 3.05) is 32.7 Å². The fraction of sp³-hybridized carbons (Fsp3) is 0.409. The minimum absolute atomic E-state index is 0.0157. The summed E-state index contributed by atoms with van der Waals surface area (Å²) in [6.07, 6.45) is 0. The second kappa shape index (κ2) is 9.02. The molecular formula is C22H26FN5OS2. The van der Waals surface area contributed by atoms with Crippen LogP contribution in [0.15, 0.2) is 30.3 Å². The first kappa shape index (κ1) is 21.9. The summed E-state index contributed by atoms with van der Waals surface area (Å²) in [5.74, 6) is -0.432. The zero-order chi connectivity index (χ0) is 22.1. The smallest absolute Gasteiger partial charge is 0.261 e. The Bertz CT molecular complexity index is 1120. The summed E-state index contributed by atoms with van der Waals surface area (Å²) >= 11 is 6.63.